The molecule has 0 aromatic heterocycles. The molecule has 0 radical (unpaired) electrons. The number of sulfonamides is 1. The van der Waals surface area contributed by atoms with E-state index in [1.807, 2.05) is 50.2 Å². The SMILES string of the molecule is COc1ccc(C)cc1S(=O)(=O)N1CC(C)OC(Cc2ccccc2)C1. The zero-order valence-electron chi connectivity index (χ0n) is 15.4. The normalized spacial score (nSPS) is 21.5. The third kappa shape index (κ3) is 4.09. The fraction of sp³-hybridized carbons (Fsp3) is 0.400. The van der Waals surface area contributed by atoms with Gasteiger partial charge < -0.3 is 9.47 Å². The minimum atomic E-state index is -3.66. The molecule has 0 spiro atoms. The molecule has 26 heavy (non-hydrogen) atoms. The Kier molecular flexibility index (Phi) is 5.65. The lowest BCUT2D eigenvalue weighted by Crippen LogP contribution is -2.49. The fourth-order valence-electron chi connectivity index (χ4n) is 3.31. The summed E-state index contributed by atoms with van der Waals surface area (Å²) in [6.45, 7) is 4.45. The molecule has 1 aliphatic heterocycles. The first-order chi connectivity index (χ1) is 12.4. The van der Waals surface area contributed by atoms with Crippen LogP contribution in [-0.4, -0.2) is 45.1 Å². The van der Waals surface area contributed by atoms with E-state index < -0.39 is 10.0 Å². The second kappa shape index (κ2) is 7.78. The maximum Gasteiger partial charge on any atom is 0.246 e. The van der Waals surface area contributed by atoms with Gasteiger partial charge in [0.1, 0.15) is 10.6 Å². The van der Waals surface area contributed by atoms with Crippen LogP contribution in [0.25, 0.3) is 0 Å². The van der Waals surface area contributed by atoms with Crippen LogP contribution in [0.3, 0.4) is 0 Å². The molecule has 2 aromatic carbocycles. The number of rotatable bonds is 5. The van der Waals surface area contributed by atoms with Gasteiger partial charge in [-0.25, -0.2) is 8.42 Å². The molecule has 2 unspecified atom stereocenters. The van der Waals surface area contributed by atoms with Crippen LogP contribution in [0.15, 0.2) is 53.4 Å². The molecule has 6 heteroatoms. The molecule has 0 aliphatic carbocycles. The van der Waals surface area contributed by atoms with Gasteiger partial charge in [-0.15, -0.1) is 0 Å². The van der Waals surface area contributed by atoms with Gasteiger partial charge >= 0.3 is 0 Å². The highest BCUT2D eigenvalue weighted by Gasteiger charge is 2.35. The van der Waals surface area contributed by atoms with E-state index in [1.54, 1.807) is 12.1 Å². The van der Waals surface area contributed by atoms with Crippen LogP contribution in [0.1, 0.15) is 18.1 Å². The predicted molar refractivity (Wildman–Crippen MR) is 101 cm³/mol. The summed E-state index contributed by atoms with van der Waals surface area (Å²) in [5.74, 6) is 0.370. The molecule has 140 valence electrons. The number of ether oxygens (including phenoxy) is 2. The lowest BCUT2D eigenvalue weighted by atomic mass is 10.1. The van der Waals surface area contributed by atoms with Crippen molar-refractivity contribution < 1.29 is 17.9 Å². The number of hydrogen-bond donors (Lipinski definition) is 0. The highest BCUT2D eigenvalue weighted by atomic mass is 32.2. The number of hydrogen-bond acceptors (Lipinski definition) is 4. The van der Waals surface area contributed by atoms with Crippen molar-refractivity contribution in [3.63, 3.8) is 0 Å². The highest BCUT2D eigenvalue weighted by Crippen LogP contribution is 2.30. The van der Waals surface area contributed by atoms with Crippen molar-refractivity contribution in [2.45, 2.75) is 37.4 Å². The Morgan fingerprint density at radius 2 is 1.88 bits per heavy atom. The minimum Gasteiger partial charge on any atom is -0.495 e. The number of morpholine rings is 1. The Hall–Kier alpha value is -1.89. The van der Waals surface area contributed by atoms with E-state index in [-0.39, 0.29) is 17.1 Å². The van der Waals surface area contributed by atoms with Gasteiger partial charge in [-0.1, -0.05) is 36.4 Å². The topological polar surface area (TPSA) is 55.8 Å². The molecule has 0 N–H and O–H groups in total. The quantitative estimate of drug-likeness (QED) is 0.806. The average Bonchev–Trinajstić information content (AvgIpc) is 2.62. The molecule has 1 heterocycles. The van der Waals surface area contributed by atoms with E-state index in [9.17, 15) is 8.42 Å². The van der Waals surface area contributed by atoms with Crippen LogP contribution >= 0.6 is 0 Å². The van der Waals surface area contributed by atoms with Crippen molar-refractivity contribution in [2.75, 3.05) is 20.2 Å². The predicted octanol–water partition coefficient (Wildman–Crippen LogP) is 3.02. The van der Waals surface area contributed by atoms with Crippen molar-refractivity contribution in [2.24, 2.45) is 0 Å². The Labute approximate surface area is 155 Å². The third-order valence-corrected chi connectivity index (χ3v) is 6.39. The van der Waals surface area contributed by atoms with Crippen LogP contribution in [0.5, 0.6) is 5.75 Å². The first-order valence-electron chi connectivity index (χ1n) is 8.74. The summed E-state index contributed by atoms with van der Waals surface area (Å²) in [6, 6.07) is 15.2. The number of benzene rings is 2. The maximum atomic E-state index is 13.3. The molecule has 3 rings (SSSR count). The van der Waals surface area contributed by atoms with Gasteiger partial charge in [0.25, 0.3) is 0 Å². The van der Waals surface area contributed by atoms with Crippen molar-refractivity contribution in [1.29, 1.82) is 0 Å². The summed E-state index contributed by atoms with van der Waals surface area (Å²) in [7, 11) is -2.17. The van der Waals surface area contributed by atoms with Crippen LogP contribution in [0.2, 0.25) is 0 Å². The fourth-order valence-corrected chi connectivity index (χ4v) is 5.10. The summed E-state index contributed by atoms with van der Waals surface area (Å²) in [5.41, 5.74) is 2.02. The van der Waals surface area contributed by atoms with E-state index in [1.165, 1.54) is 11.4 Å². The zero-order valence-corrected chi connectivity index (χ0v) is 16.2. The smallest absolute Gasteiger partial charge is 0.246 e. The summed E-state index contributed by atoms with van der Waals surface area (Å²) >= 11 is 0. The van der Waals surface area contributed by atoms with Gasteiger partial charge in [0.2, 0.25) is 10.0 Å². The van der Waals surface area contributed by atoms with E-state index >= 15 is 0 Å². The largest absolute Gasteiger partial charge is 0.495 e. The van der Waals surface area contributed by atoms with Gasteiger partial charge in [-0.3, -0.25) is 0 Å². The average molecular weight is 375 g/mol. The van der Waals surface area contributed by atoms with Crippen LogP contribution < -0.4 is 4.74 Å². The van der Waals surface area contributed by atoms with Crippen molar-refractivity contribution >= 4 is 10.0 Å². The Bertz CT molecular complexity index is 851. The number of aryl methyl sites for hydroxylation is 1. The lowest BCUT2D eigenvalue weighted by molar-refractivity contribution is -0.0529. The molecular weight excluding hydrogens is 350 g/mol. The summed E-state index contributed by atoms with van der Waals surface area (Å²) in [5, 5.41) is 0. The Morgan fingerprint density at radius 1 is 1.15 bits per heavy atom. The molecule has 5 nitrogen and oxygen atoms in total. The van der Waals surface area contributed by atoms with Crippen LogP contribution in [0.4, 0.5) is 0 Å². The first-order valence-corrected chi connectivity index (χ1v) is 10.2. The standard InChI is InChI=1S/C20H25NO4S/c1-15-9-10-19(24-3)20(11-15)26(22,23)21-13-16(2)25-18(14-21)12-17-7-5-4-6-8-17/h4-11,16,18H,12-14H2,1-3H3. The Morgan fingerprint density at radius 3 is 2.58 bits per heavy atom. The van der Waals surface area contributed by atoms with Gasteiger partial charge in [0.15, 0.2) is 0 Å². The van der Waals surface area contributed by atoms with Crippen molar-refractivity contribution in [1.82, 2.24) is 4.31 Å². The van der Waals surface area contributed by atoms with Gasteiger partial charge in [-0.2, -0.15) is 4.31 Å². The van der Waals surface area contributed by atoms with Crippen LogP contribution in [0, 0.1) is 6.92 Å². The molecule has 2 aromatic rings. The number of nitrogens with zero attached hydrogens (tertiary/aromatic N) is 1. The molecule has 1 fully saturated rings. The maximum absolute atomic E-state index is 13.3. The molecule has 2 atom stereocenters. The minimum absolute atomic E-state index is 0.164. The van der Waals surface area contributed by atoms with Crippen LogP contribution in [-0.2, 0) is 21.2 Å². The Balaban J connectivity index is 1.86. The second-order valence-electron chi connectivity index (χ2n) is 6.73. The van der Waals surface area contributed by atoms with E-state index in [4.69, 9.17) is 9.47 Å². The molecule has 1 aliphatic rings. The molecule has 1 saturated heterocycles. The summed E-state index contributed by atoms with van der Waals surface area (Å²) in [4.78, 5) is 0.215. The summed E-state index contributed by atoms with van der Waals surface area (Å²) in [6.07, 6.45) is 0.345. The monoisotopic (exact) mass is 375 g/mol. The van der Waals surface area contributed by atoms with E-state index in [0.29, 0.717) is 25.3 Å². The van der Waals surface area contributed by atoms with Crippen molar-refractivity contribution in [3.05, 3.63) is 59.7 Å². The van der Waals surface area contributed by atoms with E-state index in [0.717, 1.165) is 11.1 Å². The van der Waals surface area contributed by atoms with Gasteiger partial charge in [0, 0.05) is 13.1 Å². The van der Waals surface area contributed by atoms with Crippen molar-refractivity contribution in [3.8, 4) is 5.75 Å². The molecule has 0 bridgehead atoms. The lowest BCUT2D eigenvalue weighted by Gasteiger charge is -2.36. The number of methoxy groups -OCH3 is 1. The summed E-state index contributed by atoms with van der Waals surface area (Å²) < 4.78 is 39.3. The second-order valence-corrected chi connectivity index (χ2v) is 8.64. The van der Waals surface area contributed by atoms with Gasteiger partial charge in [0.05, 0.1) is 19.3 Å². The first kappa shape index (κ1) is 18.9. The third-order valence-electron chi connectivity index (χ3n) is 4.54. The highest BCUT2D eigenvalue weighted by molar-refractivity contribution is 7.89. The molecule has 0 saturated carbocycles. The zero-order chi connectivity index (χ0) is 18.7. The molecule has 0 amide bonds. The van der Waals surface area contributed by atoms with Gasteiger partial charge in [-0.05, 0) is 43.5 Å². The molecular formula is C20H25NO4S. The van der Waals surface area contributed by atoms with E-state index in [2.05, 4.69) is 0 Å².